The number of ether oxygens (including phenoxy) is 1. The summed E-state index contributed by atoms with van der Waals surface area (Å²) in [6.45, 7) is 1.64. The summed E-state index contributed by atoms with van der Waals surface area (Å²) in [7, 11) is 1.74. The molecule has 3 amide bonds. The molecule has 0 fully saturated rings. The lowest BCUT2D eigenvalue weighted by Gasteiger charge is -2.08. The van der Waals surface area contributed by atoms with Gasteiger partial charge in [-0.25, -0.2) is 19.0 Å². The van der Waals surface area contributed by atoms with Crippen LogP contribution in [-0.2, 0) is 24.9 Å². The van der Waals surface area contributed by atoms with Crippen LogP contribution in [0.2, 0.25) is 0 Å². The molecule has 3 aromatic carbocycles. The Hall–Kier alpha value is -4.70. The highest BCUT2D eigenvalue weighted by molar-refractivity contribution is 6.08. The number of hydrogen-bond donors (Lipinski definition) is 3. The number of rotatable bonds is 8. The molecule has 200 valence electrons. The zero-order valence-electron chi connectivity index (χ0n) is 21.2. The Bertz CT molecular complexity index is 1650. The lowest BCUT2D eigenvalue weighted by Crippen LogP contribution is -2.43. The van der Waals surface area contributed by atoms with Crippen LogP contribution in [0.4, 0.5) is 19.3 Å². The van der Waals surface area contributed by atoms with Crippen LogP contribution in [-0.4, -0.2) is 27.7 Å². The first-order chi connectivity index (χ1) is 18.9. The van der Waals surface area contributed by atoms with Gasteiger partial charge in [0.15, 0.2) is 0 Å². The van der Waals surface area contributed by atoms with E-state index in [1.165, 1.54) is 24.3 Å². The Kier molecular flexibility index (Phi) is 7.55. The highest BCUT2D eigenvalue weighted by Gasteiger charge is 2.17. The number of halogens is 2. The largest absolute Gasteiger partial charge is 0.377 e. The number of aromatic nitrogens is 2. The normalized spacial score (nSPS) is 11.2. The number of hydrazine groups is 1. The fourth-order valence-corrected chi connectivity index (χ4v) is 4.53. The molecule has 0 aliphatic rings. The summed E-state index contributed by atoms with van der Waals surface area (Å²) in [5.41, 5.74) is 7.75. The molecule has 39 heavy (non-hydrogen) atoms. The van der Waals surface area contributed by atoms with Crippen molar-refractivity contribution in [2.24, 2.45) is 7.05 Å². The van der Waals surface area contributed by atoms with Crippen molar-refractivity contribution in [3.8, 4) is 0 Å². The summed E-state index contributed by atoms with van der Waals surface area (Å²) in [5, 5.41) is 3.60. The quantitative estimate of drug-likeness (QED) is 0.183. The second-order valence-corrected chi connectivity index (χ2v) is 9.14. The van der Waals surface area contributed by atoms with E-state index >= 15 is 0 Å². The number of nitrogens with zero attached hydrogens (tertiary/aromatic N) is 2. The van der Waals surface area contributed by atoms with Gasteiger partial charge in [0, 0.05) is 48.9 Å². The molecule has 5 rings (SSSR count). The van der Waals surface area contributed by atoms with Crippen molar-refractivity contribution in [1.29, 1.82) is 0 Å². The van der Waals surface area contributed by atoms with E-state index in [1.807, 2.05) is 34.9 Å². The minimum atomic E-state index is -0.718. The van der Waals surface area contributed by atoms with Gasteiger partial charge in [0.05, 0.1) is 23.4 Å². The highest BCUT2D eigenvalue weighted by Crippen LogP contribution is 2.27. The minimum Gasteiger partial charge on any atom is -0.377 e. The van der Waals surface area contributed by atoms with Crippen LogP contribution >= 0.6 is 0 Å². The summed E-state index contributed by atoms with van der Waals surface area (Å²) in [6, 6.07) is 17.7. The molecule has 3 N–H and O–H groups in total. The van der Waals surface area contributed by atoms with Crippen molar-refractivity contribution in [2.45, 2.75) is 19.6 Å². The third-order valence-corrected chi connectivity index (χ3v) is 6.38. The number of aryl methyl sites for hydroxylation is 2. The molecule has 0 radical (unpaired) electrons. The molecular formula is C29H27F2N5O3. The number of benzene rings is 3. The number of nitrogens with one attached hydrogen (secondary N) is 3. The molecule has 8 nitrogen and oxygen atoms in total. The number of fused-ring (bicyclic) bond motifs is 2. The van der Waals surface area contributed by atoms with Gasteiger partial charge in [-0.05, 0) is 48.4 Å². The third kappa shape index (κ3) is 5.91. The molecule has 0 aliphatic heterocycles. The minimum absolute atomic E-state index is 0.209. The molecule has 0 saturated carbocycles. The maximum absolute atomic E-state index is 14.0. The molecule has 10 heteroatoms. The van der Waals surface area contributed by atoms with Crippen LogP contribution < -0.4 is 16.2 Å². The Morgan fingerprint density at radius 3 is 2.36 bits per heavy atom. The van der Waals surface area contributed by atoms with Crippen LogP contribution in [0.1, 0.15) is 22.3 Å². The standard InChI is InChI=1S/C29H27F2N5O3/c1-35-16-24(22-14-20(30)8-10-26(22)35)28(37)33-34-29(38)32-25-17-36(27-11-9-21(31)15-23(25)27)12-5-13-39-18-19-6-3-2-4-7-19/h2-4,6-11,14-17H,5,12-13,18H2,1H3,(H,33,37)(H2,32,34,38). The second kappa shape index (κ2) is 11.4. The topological polar surface area (TPSA) is 89.3 Å². The maximum Gasteiger partial charge on any atom is 0.337 e. The molecule has 2 heterocycles. The summed E-state index contributed by atoms with van der Waals surface area (Å²) in [4.78, 5) is 25.3. The van der Waals surface area contributed by atoms with Crippen molar-refractivity contribution >= 4 is 39.4 Å². The first kappa shape index (κ1) is 25.9. The van der Waals surface area contributed by atoms with E-state index in [9.17, 15) is 18.4 Å². The second-order valence-electron chi connectivity index (χ2n) is 9.14. The lowest BCUT2D eigenvalue weighted by atomic mass is 10.1. The van der Waals surface area contributed by atoms with Crippen molar-refractivity contribution in [3.05, 3.63) is 102 Å². The first-order valence-corrected chi connectivity index (χ1v) is 12.4. The predicted octanol–water partition coefficient (Wildman–Crippen LogP) is 5.48. The van der Waals surface area contributed by atoms with E-state index in [4.69, 9.17) is 4.74 Å². The van der Waals surface area contributed by atoms with Crippen molar-refractivity contribution < 1.29 is 23.1 Å². The number of urea groups is 1. The molecule has 2 aromatic heterocycles. The predicted molar refractivity (Wildman–Crippen MR) is 145 cm³/mol. The van der Waals surface area contributed by atoms with Gasteiger partial charge in [-0.3, -0.25) is 10.2 Å². The molecule has 0 saturated heterocycles. The van der Waals surface area contributed by atoms with Gasteiger partial charge in [0.2, 0.25) is 0 Å². The summed E-state index contributed by atoms with van der Waals surface area (Å²) < 4.78 is 37.1. The lowest BCUT2D eigenvalue weighted by molar-refractivity contribution is 0.0939. The van der Waals surface area contributed by atoms with Gasteiger partial charge in [-0.1, -0.05) is 30.3 Å². The molecule has 0 unspecified atom stereocenters. The van der Waals surface area contributed by atoms with Crippen LogP contribution in [0.3, 0.4) is 0 Å². The average molecular weight is 532 g/mol. The highest BCUT2D eigenvalue weighted by atomic mass is 19.1. The van der Waals surface area contributed by atoms with Crippen molar-refractivity contribution in [2.75, 3.05) is 11.9 Å². The molecule has 0 bridgehead atoms. The van der Waals surface area contributed by atoms with Crippen molar-refractivity contribution in [1.82, 2.24) is 20.0 Å². The zero-order chi connectivity index (χ0) is 27.4. The van der Waals surface area contributed by atoms with E-state index in [-0.39, 0.29) is 5.56 Å². The average Bonchev–Trinajstić information content (AvgIpc) is 3.43. The van der Waals surface area contributed by atoms with Crippen LogP contribution in [0.15, 0.2) is 79.1 Å². The summed E-state index contributed by atoms with van der Waals surface area (Å²) >= 11 is 0. The smallest absolute Gasteiger partial charge is 0.337 e. The van der Waals surface area contributed by atoms with Crippen LogP contribution in [0, 0.1) is 11.6 Å². The number of anilines is 1. The van der Waals surface area contributed by atoms with E-state index in [1.54, 1.807) is 36.1 Å². The van der Waals surface area contributed by atoms with Gasteiger partial charge >= 0.3 is 6.03 Å². The molecule has 0 spiro atoms. The van der Waals surface area contributed by atoms with Gasteiger partial charge in [-0.2, -0.15) is 0 Å². The monoisotopic (exact) mass is 531 g/mol. The van der Waals surface area contributed by atoms with E-state index < -0.39 is 23.6 Å². The third-order valence-electron chi connectivity index (χ3n) is 6.38. The molecule has 0 atom stereocenters. The Morgan fingerprint density at radius 1 is 0.872 bits per heavy atom. The maximum atomic E-state index is 14.0. The number of carbonyl (C=O) groups is 2. The van der Waals surface area contributed by atoms with Gasteiger partial charge < -0.3 is 19.2 Å². The van der Waals surface area contributed by atoms with E-state index in [0.717, 1.165) is 11.1 Å². The van der Waals surface area contributed by atoms with Gasteiger partial charge in [-0.15, -0.1) is 0 Å². The van der Waals surface area contributed by atoms with E-state index in [2.05, 4.69) is 16.2 Å². The number of hydrogen-bond acceptors (Lipinski definition) is 3. The van der Waals surface area contributed by atoms with Gasteiger partial charge in [0.1, 0.15) is 11.6 Å². The zero-order valence-corrected chi connectivity index (χ0v) is 21.2. The Morgan fingerprint density at radius 2 is 1.59 bits per heavy atom. The Balaban J connectivity index is 1.21. The fourth-order valence-electron chi connectivity index (χ4n) is 4.53. The molecular weight excluding hydrogens is 504 g/mol. The van der Waals surface area contributed by atoms with Crippen molar-refractivity contribution in [3.63, 3.8) is 0 Å². The van der Waals surface area contributed by atoms with Crippen LogP contribution in [0.25, 0.3) is 21.8 Å². The van der Waals surface area contributed by atoms with E-state index in [0.29, 0.717) is 48.2 Å². The SMILES string of the molecule is Cn1cc(C(=O)NNC(=O)Nc2cn(CCCOCc3ccccc3)c3ccc(F)cc23)c2cc(F)ccc21. The summed E-state index contributed by atoms with van der Waals surface area (Å²) in [5.74, 6) is -1.52. The number of carbonyl (C=O) groups excluding carboxylic acids is 2. The Labute approximate surface area is 223 Å². The molecule has 0 aliphatic carbocycles. The number of amides is 3. The summed E-state index contributed by atoms with van der Waals surface area (Å²) in [6.07, 6.45) is 3.98. The first-order valence-electron chi connectivity index (χ1n) is 12.4. The van der Waals surface area contributed by atoms with Gasteiger partial charge in [0.25, 0.3) is 5.91 Å². The molecule has 5 aromatic rings. The van der Waals surface area contributed by atoms with Crippen LogP contribution in [0.5, 0.6) is 0 Å². The fraction of sp³-hybridized carbons (Fsp3) is 0.172.